The summed E-state index contributed by atoms with van der Waals surface area (Å²) >= 11 is 0. The summed E-state index contributed by atoms with van der Waals surface area (Å²) in [6.45, 7) is 6.66. The summed E-state index contributed by atoms with van der Waals surface area (Å²) in [6.07, 6.45) is 6.42. The van der Waals surface area contributed by atoms with Gasteiger partial charge >= 0.3 is 0 Å². The third-order valence-corrected chi connectivity index (χ3v) is 9.55. The Hall–Kier alpha value is -3.62. The first-order valence-corrected chi connectivity index (χ1v) is 15.7. The summed E-state index contributed by atoms with van der Waals surface area (Å²) in [7, 11) is 0. The van der Waals surface area contributed by atoms with E-state index in [2.05, 4.69) is 31.8 Å². The van der Waals surface area contributed by atoms with Crippen LogP contribution in [0.5, 0.6) is 0 Å². The SMILES string of the molecule is CC(=O)N1CC[C@@H]2CC[C@H](CN(C(=O)C3CCN(Cc4ccc(F)cc4)CC3)Cc3ccccc31)N2Cc1ccccn1. The molecule has 0 N–H and O–H groups in total. The molecule has 8 heteroatoms. The number of aromatic nitrogens is 1. The van der Waals surface area contributed by atoms with E-state index >= 15 is 0 Å². The van der Waals surface area contributed by atoms with E-state index in [4.69, 9.17) is 0 Å². The molecule has 2 saturated heterocycles. The highest BCUT2D eigenvalue weighted by Crippen LogP contribution is 2.33. The molecule has 3 aliphatic heterocycles. The molecule has 6 rings (SSSR count). The van der Waals surface area contributed by atoms with Gasteiger partial charge in [-0.2, -0.15) is 0 Å². The summed E-state index contributed by atoms with van der Waals surface area (Å²) in [5.41, 5.74) is 4.06. The van der Waals surface area contributed by atoms with E-state index in [1.807, 2.05) is 53.6 Å². The highest BCUT2D eigenvalue weighted by atomic mass is 19.1. The lowest BCUT2D eigenvalue weighted by atomic mass is 9.94. The fourth-order valence-corrected chi connectivity index (χ4v) is 7.23. The molecule has 2 fully saturated rings. The van der Waals surface area contributed by atoms with Crippen LogP contribution in [0.25, 0.3) is 0 Å². The molecule has 2 bridgehead atoms. The number of para-hydroxylation sites is 1. The maximum Gasteiger partial charge on any atom is 0.226 e. The molecule has 0 radical (unpaired) electrons. The lowest BCUT2D eigenvalue weighted by Crippen LogP contribution is -2.48. The number of fused-ring (bicyclic) bond motifs is 3. The van der Waals surface area contributed by atoms with Crippen molar-refractivity contribution in [2.75, 3.05) is 31.1 Å². The zero-order chi connectivity index (χ0) is 29.8. The van der Waals surface area contributed by atoms with Crippen LogP contribution >= 0.6 is 0 Å². The summed E-state index contributed by atoms with van der Waals surface area (Å²) in [6, 6.07) is 21.4. The number of carbonyl (C=O) groups excluding carboxylic acids is 2. The first-order valence-electron chi connectivity index (χ1n) is 15.7. The van der Waals surface area contributed by atoms with E-state index < -0.39 is 0 Å². The number of piperidine rings is 1. The molecular formula is C35H42FN5O2. The number of nitrogens with zero attached hydrogens (tertiary/aromatic N) is 5. The van der Waals surface area contributed by atoms with Crippen LogP contribution in [0.1, 0.15) is 55.8 Å². The Morgan fingerprint density at radius 1 is 0.837 bits per heavy atom. The molecule has 2 atom stereocenters. The lowest BCUT2D eigenvalue weighted by molar-refractivity contribution is -0.138. The zero-order valence-corrected chi connectivity index (χ0v) is 25.1. The van der Waals surface area contributed by atoms with Crippen molar-refractivity contribution in [1.29, 1.82) is 0 Å². The average molecular weight is 584 g/mol. The lowest BCUT2D eigenvalue weighted by Gasteiger charge is -2.37. The van der Waals surface area contributed by atoms with Crippen LogP contribution in [0.2, 0.25) is 0 Å². The van der Waals surface area contributed by atoms with Gasteiger partial charge in [-0.25, -0.2) is 4.39 Å². The van der Waals surface area contributed by atoms with Crippen molar-refractivity contribution < 1.29 is 14.0 Å². The second-order valence-corrected chi connectivity index (χ2v) is 12.4. The number of hydrogen-bond donors (Lipinski definition) is 0. The van der Waals surface area contributed by atoms with Crippen LogP contribution < -0.4 is 4.90 Å². The van der Waals surface area contributed by atoms with Crippen LogP contribution in [0, 0.1) is 11.7 Å². The van der Waals surface area contributed by atoms with Crippen molar-refractivity contribution in [3.05, 3.63) is 95.6 Å². The van der Waals surface area contributed by atoms with Crippen LogP contribution in [0.15, 0.2) is 72.9 Å². The zero-order valence-electron chi connectivity index (χ0n) is 25.1. The minimum atomic E-state index is -0.219. The number of anilines is 1. The minimum absolute atomic E-state index is 0.0314. The molecule has 0 aliphatic carbocycles. The standard InChI is InChI=1S/C35H42FN5O2/c1-26(42)40-21-17-32-13-14-33(41(32)24-31-7-4-5-18-37-31)25-39(23-29-6-2-3-8-34(29)40)35(43)28-15-19-38(20-16-28)22-27-9-11-30(36)12-10-27/h2-12,18,28,32-33H,13-17,19-25H2,1H3/t32-,33+/m0/s1. The fourth-order valence-electron chi connectivity index (χ4n) is 7.23. The van der Waals surface area contributed by atoms with Crippen LogP contribution in [0.3, 0.4) is 0 Å². The molecule has 0 spiro atoms. The number of benzene rings is 2. The summed E-state index contributed by atoms with van der Waals surface area (Å²) < 4.78 is 13.4. The van der Waals surface area contributed by atoms with Crippen LogP contribution in [-0.4, -0.2) is 69.8 Å². The predicted molar refractivity (Wildman–Crippen MR) is 165 cm³/mol. The summed E-state index contributed by atoms with van der Waals surface area (Å²) in [5.74, 6) is -0.00851. The monoisotopic (exact) mass is 583 g/mol. The van der Waals surface area contributed by atoms with Gasteiger partial charge in [0.15, 0.2) is 0 Å². The highest BCUT2D eigenvalue weighted by molar-refractivity contribution is 5.92. The number of carbonyl (C=O) groups is 2. The molecule has 1 aromatic heterocycles. The van der Waals surface area contributed by atoms with Gasteiger partial charge in [-0.05, 0) is 86.7 Å². The van der Waals surface area contributed by atoms with Gasteiger partial charge in [-0.3, -0.25) is 24.4 Å². The first kappa shape index (κ1) is 29.5. The summed E-state index contributed by atoms with van der Waals surface area (Å²) in [5, 5.41) is 0. The summed E-state index contributed by atoms with van der Waals surface area (Å²) in [4.78, 5) is 40.8. The van der Waals surface area contributed by atoms with Crippen LogP contribution in [0.4, 0.5) is 10.1 Å². The van der Waals surface area contributed by atoms with E-state index in [0.717, 1.165) is 80.8 Å². The Kier molecular flexibility index (Phi) is 9.14. The third-order valence-electron chi connectivity index (χ3n) is 9.55. The highest BCUT2D eigenvalue weighted by Gasteiger charge is 2.38. The Balaban J connectivity index is 1.23. The van der Waals surface area contributed by atoms with Crippen molar-refractivity contribution in [3.63, 3.8) is 0 Å². The Morgan fingerprint density at radius 2 is 1.58 bits per heavy atom. The number of amides is 2. The smallest absolute Gasteiger partial charge is 0.226 e. The van der Waals surface area contributed by atoms with E-state index in [1.165, 1.54) is 12.1 Å². The van der Waals surface area contributed by atoms with Gasteiger partial charge in [-0.15, -0.1) is 0 Å². The number of likely N-dealkylation sites (tertiary alicyclic amines) is 1. The quantitative estimate of drug-likeness (QED) is 0.411. The largest absolute Gasteiger partial charge is 0.336 e. The number of hydrogen-bond acceptors (Lipinski definition) is 5. The molecular weight excluding hydrogens is 541 g/mol. The topological polar surface area (TPSA) is 60.0 Å². The van der Waals surface area contributed by atoms with Crippen molar-refractivity contribution in [2.24, 2.45) is 5.92 Å². The van der Waals surface area contributed by atoms with Crippen LogP contribution in [-0.2, 0) is 29.2 Å². The third kappa shape index (κ3) is 6.97. The fraction of sp³-hybridized carbons (Fsp3) is 0.457. The van der Waals surface area contributed by atoms with Gasteiger partial charge in [0.25, 0.3) is 0 Å². The van der Waals surface area contributed by atoms with E-state index in [-0.39, 0.29) is 29.6 Å². The molecule has 3 aromatic rings. The van der Waals surface area contributed by atoms with Gasteiger partial charge in [0.05, 0.1) is 5.69 Å². The normalized spacial score (nSPS) is 22.2. The molecule has 43 heavy (non-hydrogen) atoms. The van der Waals surface area contributed by atoms with Crippen molar-refractivity contribution >= 4 is 17.5 Å². The van der Waals surface area contributed by atoms with Gasteiger partial charge in [0.1, 0.15) is 5.82 Å². The second-order valence-electron chi connectivity index (χ2n) is 12.4. The predicted octanol–water partition coefficient (Wildman–Crippen LogP) is 5.25. The van der Waals surface area contributed by atoms with Gasteiger partial charge in [0.2, 0.25) is 11.8 Å². The molecule has 2 amide bonds. The molecule has 0 unspecified atom stereocenters. The Morgan fingerprint density at radius 3 is 2.33 bits per heavy atom. The van der Waals surface area contributed by atoms with E-state index in [0.29, 0.717) is 25.7 Å². The Labute approximate surface area is 254 Å². The Bertz CT molecular complexity index is 1390. The van der Waals surface area contributed by atoms with Crippen molar-refractivity contribution in [1.82, 2.24) is 19.7 Å². The van der Waals surface area contributed by atoms with Gasteiger partial charge < -0.3 is 9.80 Å². The van der Waals surface area contributed by atoms with Gasteiger partial charge in [0, 0.05) is 69.5 Å². The van der Waals surface area contributed by atoms with E-state index in [1.54, 1.807) is 6.92 Å². The number of halogens is 1. The molecule has 4 heterocycles. The second kappa shape index (κ2) is 13.3. The average Bonchev–Trinajstić information content (AvgIpc) is 3.38. The molecule has 2 aromatic carbocycles. The van der Waals surface area contributed by atoms with Crippen molar-refractivity contribution in [3.8, 4) is 0 Å². The maximum atomic E-state index is 14.3. The van der Waals surface area contributed by atoms with E-state index in [9.17, 15) is 14.0 Å². The molecule has 7 nitrogen and oxygen atoms in total. The molecule has 3 aliphatic rings. The minimum Gasteiger partial charge on any atom is -0.336 e. The number of rotatable bonds is 5. The number of pyridine rings is 1. The molecule has 226 valence electrons. The maximum absolute atomic E-state index is 14.3. The first-order chi connectivity index (χ1) is 20.9. The van der Waals surface area contributed by atoms with Crippen molar-refractivity contribution in [2.45, 2.75) is 70.7 Å². The van der Waals surface area contributed by atoms with Gasteiger partial charge in [-0.1, -0.05) is 36.4 Å². The molecule has 0 saturated carbocycles.